The monoisotopic (exact) mass is 388 g/mol. The highest BCUT2D eigenvalue weighted by molar-refractivity contribution is 7.99. The third-order valence-corrected chi connectivity index (χ3v) is 5.77. The fourth-order valence-corrected chi connectivity index (χ4v) is 4.05. The van der Waals surface area contributed by atoms with Gasteiger partial charge in [-0.15, -0.1) is 5.10 Å². The Morgan fingerprint density at radius 3 is 2.85 bits per heavy atom. The lowest BCUT2D eigenvalue weighted by Crippen LogP contribution is -2.37. The molecular formula is C18H24N6O2S. The number of tetrazole rings is 1. The normalized spacial score (nSPS) is 17.1. The summed E-state index contributed by atoms with van der Waals surface area (Å²) >= 11 is 1.41. The number of ether oxygens (including phenoxy) is 1. The molecule has 1 amide bonds. The maximum atomic E-state index is 12.6. The molecule has 0 radical (unpaired) electrons. The topological polar surface area (TPSA) is 76.4 Å². The number of carbonyl (C=O) groups excluding carboxylic acids is 1. The molecule has 1 aliphatic carbocycles. The van der Waals surface area contributed by atoms with E-state index in [1.54, 1.807) is 4.90 Å². The van der Waals surface area contributed by atoms with E-state index in [1.165, 1.54) is 17.4 Å². The molecule has 1 aromatic heterocycles. The van der Waals surface area contributed by atoms with Gasteiger partial charge in [-0.05, 0) is 34.9 Å². The van der Waals surface area contributed by atoms with Crippen LogP contribution in [0.25, 0.3) is 0 Å². The maximum Gasteiger partial charge on any atom is 0.233 e. The molecule has 27 heavy (non-hydrogen) atoms. The molecule has 0 spiro atoms. The van der Waals surface area contributed by atoms with Gasteiger partial charge in [-0.1, -0.05) is 30.0 Å². The lowest BCUT2D eigenvalue weighted by atomic mass is 10.1. The van der Waals surface area contributed by atoms with Crippen LogP contribution in [0.3, 0.4) is 0 Å². The Hall–Kier alpha value is -2.13. The first-order valence-electron chi connectivity index (χ1n) is 9.27. The molecule has 0 N–H and O–H groups in total. The van der Waals surface area contributed by atoms with Crippen LogP contribution >= 0.6 is 11.8 Å². The highest BCUT2D eigenvalue weighted by Crippen LogP contribution is 2.36. The van der Waals surface area contributed by atoms with Crippen LogP contribution in [0, 0.1) is 0 Å². The Labute approximate surface area is 162 Å². The van der Waals surface area contributed by atoms with E-state index in [9.17, 15) is 4.79 Å². The zero-order valence-corrected chi connectivity index (χ0v) is 16.3. The van der Waals surface area contributed by atoms with Crippen molar-refractivity contribution in [3.8, 4) is 0 Å². The summed E-state index contributed by atoms with van der Waals surface area (Å²) in [5.74, 6) is 0.408. The Balaban J connectivity index is 1.36. The summed E-state index contributed by atoms with van der Waals surface area (Å²) in [6.07, 6.45) is 2.23. The number of morpholine rings is 1. The van der Waals surface area contributed by atoms with Crippen LogP contribution in [-0.4, -0.2) is 70.1 Å². The summed E-state index contributed by atoms with van der Waals surface area (Å²) in [7, 11) is 1.85. The van der Waals surface area contributed by atoms with Crippen molar-refractivity contribution in [3.63, 3.8) is 0 Å². The molecule has 0 atom stereocenters. The van der Waals surface area contributed by atoms with E-state index in [0.29, 0.717) is 18.3 Å². The molecule has 0 bridgehead atoms. The van der Waals surface area contributed by atoms with E-state index in [0.717, 1.165) is 49.9 Å². The molecule has 1 aliphatic heterocycles. The van der Waals surface area contributed by atoms with Gasteiger partial charge < -0.3 is 14.5 Å². The number of anilines is 1. The van der Waals surface area contributed by atoms with Gasteiger partial charge >= 0.3 is 0 Å². The van der Waals surface area contributed by atoms with Gasteiger partial charge in [0.2, 0.25) is 11.1 Å². The molecule has 1 saturated carbocycles. The number of para-hydroxylation sites is 1. The molecule has 8 nitrogen and oxygen atoms in total. The van der Waals surface area contributed by atoms with Crippen LogP contribution in [-0.2, 0) is 16.1 Å². The standard InChI is InChI=1S/C18H24N6O2S/c1-22(17(25)13-27-18-19-20-21-24(18)15-6-7-15)12-14-4-2-3-5-16(14)23-8-10-26-11-9-23/h2-5,15H,6-13H2,1H3. The highest BCUT2D eigenvalue weighted by atomic mass is 32.2. The second-order valence-electron chi connectivity index (χ2n) is 6.90. The van der Waals surface area contributed by atoms with Gasteiger partial charge in [0.05, 0.1) is 25.0 Å². The molecule has 2 fully saturated rings. The fourth-order valence-electron chi connectivity index (χ4n) is 3.17. The van der Waals surface area contributed by atoms with Gasteiger partial charge in [0, 0.05) is 32.4 Å². The molecule has 2 aromatic rings. The van der Waals surface area contributed by atoms with Gasteiger partial charge in [0.1, 0.15) is 0 Å². The van der Waals surface area contributed by atoms with Crippen molar-refractivity contribution < 1.29 is 9.53 Å². The van der Waals surface area contributed by atoms with Crippen LogP contribution in [0.15, 0.2) is 29.4 Å². The molecule has 2 heterocycles. The molecule has 1 saturated heterocycles. The summed E-state index contributed by atoms with van der Waals surface area (Å²) in [4.78, 5) is 16.7. The summed E-state index contributed by atoms with van der Waals surface area (Å²) in [5, 5.41) is 12.5. The predicted molar refractivity (Wildman–Crippen MR) is 103 cm³/mol. The zero-order chi connectivity index (χ0) is 18.6. The third kappa shape index (κ3) is 4.41. The summed E-state index contributed by atoms with van der Waals surface area (Å²) in [6.45, 7) is 3.84. The highest BCUT2D eigenvalue weighted by Gasteiger charge is 2.28. The van der Waals surface area contributed by atoms with Crippen LogP contribution in [0.4, 0.5) is 5.69 Å². The van der Waals surface area contributed by atoms with E-state index in [4.69, 9.17) is 4.74 Å². The number of aromatic nitrogens is 4. The summed E-state index contributed by atoms with van der Waals surface area (Å²) in [5.41, 5.74) is 2.34. The third-order valence-electron chi connectivity index (χ3n) is 4.86. The van der Waals surface area contributed by atoms with Gasteiger partial charge in [-0.25, -0.2) is 4.68 Å². The SMILES string of the molecule is CN(Cc1ccccc1N1CCOCC1)C(=O)CSc1nnnn1C1CC1. The number of benzene rings is 1. The largest absolute Gasteiger partial charge is 0.378 e. The number of rotatable bonds is 7. The number of thioether (sulfide) groups is 1. The summed E-state index contributed by atoms with van der Waals surface area (Å²) in [6, 6.07) is 8.70. The van der Waals surface area contributed by atoms with E-state index in [1.807, 2.05) is 23.9 Å². The van der Waals surface area contributed by atoms with Crippen LogP contribution in [0.2, 0.25) is 0 Å². The number of nitrogens with zero attached hydrogens (tertiary/aromatic N) is 6. The lowest BCUT2D eigenvalue weighted by molar-refractivity contribution is -0.127. The first-order valence-corrected chi connectivity index (χ1v) is 10.3. The predicted octanol–water partition coefficient (Wildman–Crippen LogP) is 1.60. The average Bonchev–Trinajstić information content (AvgIpc) is 3.45. The Kier molecular flexibility index (Phi) is 5.58. The first kappa shape index (κ1) is 18.2. The van der Waals surface area contributed by atoms with Crippen molar-refractivity contribution in [2.45, 2.75) is 30.6 Å². The molecule has 4 rings (SSSR count). The molecule has 144 valence electrons. The van der Waals surface area contributed by atoms with Gasteiger partial charge in [-0.3, -0.25) is 4.79 Å². The Bertz CT molecular complexity index is 788. The molecule has 2 aliphatic rings. The number of hydrogen-bond acceptors (Lipinski definition) is 7. The molecule has 1 aromatic carbocycles. The fraction of sp³-hybridized carbons (Fsp3) is 0.556. The second kappa shape index (κ2) is 8.26. The zero-order valence-electron chi connectivity index (χ0n) is 15.5. The smallest absolute Gasteiger partial charge is 0.233 e. The van der Waals surface area contributed by atoms with Crippen molar-refractivity contribution in [3.05, 3.63) is 29.8 Å². The minimum atomic E-state index is 0.0714. The van der Waals surface area contributed by atoms with Crippen LogP contribution in [0.1, 0.15) is 24.4 Å². The quantitative estimate of drug-likeness (QED) is 0.667. The maximum absolute atomic E-state index is 12.6. The Morgan fingerprint density at radius 1 is 1.30 bits per heavy atom. The molecular weight excluding hydrogens is 364 g/mol. The van der Waals surface area contributed by atoms with E-state index in [2.05, 4.69) is 32.6 Å². The minimum Gasteiger partial charge on any atom is -0.378 e. The minimum absolute atomic E-state index is 0.0714. The average molecular weight is 388 g/mol. The lowest BCUT2D eigenvalue weighted by Gasteiger charge is -2.31. The number of carbonyl (C=O) groups is 1. The van der Waals surface area contributed by atoms with Gasteiger partial charge in [0.25, 0.3) is 0 Å². The van der Waals surface area contributed by atoms with Crippen LogP contribution in [0.5, 0.6) is 0 Å². The Morgan fingerprint density at radius 2 is 2.07 bits per heavy atom. The summed E-state index contributed by atoms with van der Waals surface area (Å²) < 4.78 is 7.29. The van der Waals surface area contributed by atoms with Gasteiger partial charge in [-0.2, -0.15) is 0 Å². The van der Waals surface area contributed by atoms with Gasteiger partial charge in [0.15, 0.2) is 0 Å². The van der Waals surface area contributed by atoms with E-state index < -0.39 is 0 Å². The van der Waals surface area contributed by atoms with Crippen molar-refractivity contribution in [2.75, 3.05) is 44.0 Å². The number of amides is 1. The van der Waals surface area contributed by atoms with Crippen LogP contribution < -0.4 is 4.90 Å². The number of hydrogen-bond donors (Lipinski definition) is 0. The van der Waals surface area contributed by atoms with Crippen molar-refractivity contribution >= 4 is 23.4 Å². The van der Waals surface area contributed by atoms with Crippen molar-refractivity contribution in [1.82, 2.24) is 25.1 Å². The van der Waals surface area contributed by atoms with E-state index in [-0.39, 0.29) is 5.91 Å². The second-order valence-corrected chi connectivity index (χ2v) is 7.85. The molecule has 0 unspecified atom stereocenters. The van der Waals surface area contributed by atoms with E-state index >= 15 is 0 Å². The molecule has 9 heteroatoms. The first-order chi connectivity index (χ1) is 13.2. The van der Waals surface area contributed by atoms with Crippen molar-refractivity contribution in [1.29, 1.82) is 0 Å². The van der Waals surface area contributed by atoms with Crippen molar-refractivity contribution in [2.24, 2.45) is 0 Å².